The predicted molar refractivity (Wildman–Crippen MR) is 282 cm³/mol. The van der Waals surface area contributed by atoms with Crippen LogP contribution in [-0.4, -0.2) is 92.5 Å². The second kappa shape index (κ2) is 26.3. The maximum absolute atomic E-state index is 13.9. The van der Waals surface area contributed by atoms with Crippen molar-refractivity contribution in [2.24, 2.45) is 23.7 Å². The van der Waals surface area contributed by atoms with E-state index in [0.29, 0.717) is 43.0 Å². The molecule has 4 heterocycles. The number of benzene rings is 2. The van der Waals surface area contributed by atoms with Crippen molar-refractivity contribution in [3.63, 3.8) is 0 Å². The van der Waals surface area contributed by atoms with Gasteiger partial charge in [0.15, 0.2) is 0 Å². The Morgan fingerprint density at radius 2 is 1.01 bits per heavy atom. The van der Waals surface area contributed by atoms with Crippen LogP contribution in [0.5, 0.6) is 0 Å². The first kappa shape index (κ1) is 53.4. The van der Waals surface area contributed by atoms with Crippen molar-refractivity contribution in [2.75, 3.05) is 23.7 Å². The number of nitrogens with one attached hydrogen (secondary N) is 4. The third kappa shape index (κ3) is 13.5. The fourth-order valence-electron chi connectivity index (χ4n) is 10.7. The molecule has 6 amide bonds. The number of aromatic nitrogens is 2. The van der Waals surface area contributed by atoms with Gasteiger partial charge in [0.2, 0.25) is 35.4 Å². The van der Waals surface area contributed by atoms with E-state index in [-0.39, 0.29) is 59.1 Å². The lowest BCUT2D eigenvalue weighted by Crippen LogP contribution is -2.56. The average Bonchev–Trinajstić information content (AvgIpc) is 4.14. The molecular weight excluding hydrogens is 905 g/mol. The number of pyridine rings is 2. The van der Waals surface area contributed by atoms with Crippen LogP contribution in [0.2, 0.25) is 0 Å². The number of hydrogen-bond acceptors (Lipinski definition) is 8. The molecule has 2 aromatic heterocycles. The second-order valence-electron chi connectivity index (χ2n) is 20.3. The van der Waals surface area contributed by atoms with E-state index in [4.69, 9.17) is 0 Å². The number of carbonyl (C=O) groups is 6. The molecule has 4 N–H and O–H groups in total. The lowest BCUT2D eigenvalue weighted by molar-refractivity contribution is -0.142. The first-order valence-electron chi connectivity index (χ1n) is 26.8. The van der Waals surface area contributed by atoms with Gasteiger partial charge in [0, 0.05) is 54.6 Å². The van der Waals surface area contributed by atoms with Crippen LogP contribution in [0.1, 0.15) is 130 Å². The first-order chi connectivity index (χ1) is 35.0. The average molecular weight is 981 g/mol. The summed E-state index contributed by atoms with van der Waals surface area (Å²) in [5.41, 5.74) is 4.71. The van der Waals surface area contributed by atoms with Gasteiger partial charge in [-0.2, -0.15) is 0 Å². The third-order valence-corrected chi connectivity index (χ3v) is 15.4. The summed E-state index contributed by atoms with van der Waals surface area (Å²) in [6, 6.07) is 22.7. The van der Waals surface area contributed by atoms with Crippen molar-refractivity contribution in [1.82, 2.24) is 30.4 Å². The van der Waals surface area contributed by atoms with Crippen LogP contribution in [0, 0.1) is 23.7 Å². The van der Waals surface area contributed by atoms with E-state index in [1.54, 1.807) is 40.5 Å². The number of nitrogens with zero attached hydrogens (tertiary/aromatic N) is 4. The highest BCUT2D eigenvalue weighted by molar-refractivity contribution is 6.02. The van der Waals surface area contributed by atoms with Gasteiger partial charge in [-0.15, -0.1) is 0 Å². The molecule has 2 aliphatic heterocycles. The summed E-state index contributed by atoms with van der Waals surface area (Å²) in [5, 5.41) is 12.3. The summed E-state index contributed by atoms with van der Waals surface area (Å²) in [4.78, 5) is 92.4. The SMILES string of the molecule is CC[C@@H](C)C(=O)N[C@H](C(=O)N1CCC[C@H]1C(=O)Nc1cccnc1-c1ccccc1)C1CCCCC1.CC[C@@H](C)C(=O)N[C@H](C(=O)N1CCC[C@H]1C(=O)Nc1ccncc1-c1ccccc1)C1CCCCC1. The number of hydrogen-bond donors (Lipinski definition) is 4. The van der Waals surface area contributed by atoms with Gasteiger partial charge < -0.3 is 31.1 Å². The van der Waals surface area contributed by atoms with Gasteiger partial charge in [0.25, 0.3) is 0 Å². The van der Waals surface area contributed by atoms with Crippen LogP contribution in [-0.2, 0) is 28.8 Å². The molecule has 0 spiro atoms. The second-order valence-corrected chi connectivity index (χ2v) is 20.3. The number of anilines is 2. The molecule has 0 unspecified atom stereocenters. The molecular formula is C58H76N8O6. The first-order valence-corrected chi connectivity index (χ1v) is 26.8. The fourth-order valence-corrected chi connectivity index (χ4v) is 10.7. The highest BCUT2D eigenvalue weighted by Crippen LogP contribution is 2.33. The van der Waals surface area contributed by atoms with Crippen LogP contribution in [0.3, 0.4) is 0 Å². The highest BCUT2D eigenvalue weighted by atomic mass is 16.2. The van der Waals surface area contributed by atoms with Crippen LogP contribution in [0.25, 0.3) is 22.4 Å². The molecule has 14 nitrogen and oxygen atoms in total. The molecule has 14 heteroatoms. The Labute approximate surface area is 426 Å². The molecule has 6 atom stereocenters. The quantitative estimate of drug-likeness (QED) is 0.0856. The van der Waals surface area contributed by atoms with Gasteiger partial charge in [-0.1, -0.05) is 127 Å². The van der Waals surface area contributed by atoms with E-state index < -0.39 is 24.2 Å². The minimum Gasteiger partial charge on any atom is -0.344 e. The molecule has 2 aromatic carbocycles. The molecule has 4 aliphatic rings. The topological polar surface area (TPSA) is 183 Å². The Morgan fingerprint density at radius 3 is 1.50 bits per heavy atom. The van der Waals surface area contributed by atoms with E-state index in [9.17, 15) is 28.8 Å². The van der Waals surface area contributed by atoms with Gasteiger partial charge in [0.1, 0.15) is 24.2 Å². The summed E-state index contributed by atoms with van der Waals surface area (Å²) in [5.74, 6) is -0.856. The minimum atomic E-state index is -0.571. The zero-order valence-corrected chi connectivity index (χ0v) is 42.8. The zero-order valence-electron chi connectivity index (χ0n) is 42.8. The summed E-state index contributed by atoms with van der Waals surface area (Å²) in [6.07, 6.45) is 19.6. The molecule has 2 saturated heterocycles. The maximum Gasteiger partial charge on any atom is 0.247 e. The maximum atomic E-state index is 13.9. The molecule has 0 bridgehead atoms. The van der Waals surface area contributed by atoms with Gasteiger partial charge in [0.05, 0.1) is 17.1 Å². The van der Waals surface area contributed by atoms with Crippen molar-refractivity contribution in [3.8, 4) is 22.4 Å². The van der Waals surface area contributed by atoms with Gasteiger partial charge >= 0.3 is 0 Å². The lowest BCUT2D eigenvalue weighted by Gasteiger charge is -2.35. The molecule has 2 saturated carbocycles. The Morgan fingerprint density at radius 1 is 0.542 bits per heavy atom. The van der Waals surface area contributed by atoms with Crippen molar-refractivity contribution in [1.29, 1.82) is 0 Å². The molecule has 0 radical (unpaired) electrons. The Balaban J connectivity index is 0.000000211. The van der Waals surface area contributed by atoms with E-state index >= 15 is 0 Å². The summed E-state index contributed by atoms with van der Waals surface area (Å²) < 4.78 is 0. The van der Waals surface area contributed by atoms with Crippen LogP contribution in [0.15, 0.2) is 97.5 Å². The van der Waals surface area contributed by atoms with Crippen molar-refractivity contribution in [2.45, 2.75) is 155 Å². The van der Waals surface area contributed by atoms with Crippen molar-refractivity contribution < 1.29 is 28.8 Å². The van der Waals surface area contributed by atoms with Crippen LogP contribution >= 0.6 is 0 Å². The normalized spacial score (nSPS) is 19.9. The molecule has 4 fully saturated rings. The summed E-state index contributed by atoms with van der Waals surface area (Å²) in [7, 11) is 0. The van der Waals surface area contributed by atoms with E-state index in [1.807, 2.05) is 94.4 Å². The monoisotopic (exact) mass is 981 g/mol. The van der Waals surface area contributed by atoms with Crippen LogP contribution < -0.4 is 21.3 Å². The number of carbonyl (C=O) groups excluding carboxylic acids is 6. The molecule has 8 rings (SSSR count). The van der Waals surface area contributed by atoms with Crippen molar-refractivity contribution >= 4 is 46.8 Å². The third-order valence-electron chi connectivity index (χ3n) is 15.4. The molecule has 72 heavy (non-hydrogen) atoms. The van der Waals surface area contributed by atoms with Gasteiger partial charge in [-0.3, -0.25) is 38.7 Å². The smallest absolute Gasteiger partial charge is 0.247 e. The largest absolute Gasteiger partial charge is 0.344 e. The fraction of sp³-hybridized carbons (Fsp3) is 0.517. The van der Waals surface area contributed by atoms with E-state index in [2.05, 4.69) is 31.2 Å². The lowest BCUT2D eigenvalue weighted by atomic mass is 9.83. The van der Waals surface area contributed by atoms with Gasteiger partial charge in [-0.25, -0.2) is 0 Å². The number of likely N-dealkylation sites (tertiary alicyclic amines) is 2. The van der Waals surface area contributed by atoms with E-state index in [0.717, 1.165) is 93.7 Å². The molecule has 384 valence electrons. The van der Waals surface area contributed by atoms with Gasteiger partial charge in [-0.05, 0) is 99.8 Å². The number of amides is 6. The zero-order chi connectivity index (χ0) is 51.0. The minimum absolute atomic E-state index is 0.0779. The summed E-state index contributed by atoms with van der Waals surface area (Å²) in [6.45, 7) is 8.79. The predicted octanol–water partition coefficient (Wildman–Crippen LogP) is 9.58. The van der Waals surface area contributed by atoms with E-state index in [1.165, 1.54) is 12.8 Å². The summed E-state index contributed by atoms with van der Waals surface area (Å²) >= 11 is 0. The Bertz CT molecular complexity index is 2270. The molecule has 4 aromatic rings. The standard InChI is InChI=1S/2C29H38N4O3/c1-3-20(2)27(34)32-26(22-14-8-5-9-15-22)29(36)33-19-11-17-24(33)28(35)31-23-16-10-18-30-25(23)21-12-6-4-7-13-21;1-3-20(2)27(34)32-26(22-13-8-5-9-14-22)29(36)33-18-10-15-25(33)28(35)31-24-16-17-30-19-23(24)21-11-6-4-7-12-21/h4,6-7,10,12-13,16,18,20,22,24,26H,3,5,8-9,11,14-15,17,19H2,1-2H3,(H,31,35)(H,32,34);4,6-7,11-12,16-17,19-20,22,25-26H,3,5,8-10,13-15,18H2,1-2H3,(H,32,34)(H,30,31,35)/t20-,24+,26+;20-,25+,26+/m11/s1. The van der Waals surface area contributed by atoms with Crippen molar-refractivity contribution in [3.05, 3.63) is 97.5 Å². The molecule has 2 aliphatic carbocycles. The Kier molecular flexibility index (Phi) is 19.5. The van der Waals surface area contributed by atoms with Crippen LogP contribution in [0.4, 0.5) is 11.4 Å². The number of rotatable bonds is 16. The Hall–Kier alpha value is -6.44. The highest BCUT2D eigenvalue weighted by Gasteiger charge is 2.43.